The Morgan fingerprint density at radius 2 is 1.93 bits per heavy atom. The molecule has 7 nitrogen and oxygen atoms in total. The highest BCUT2D eigenvalue weighted by Gasteiger charge is 2.07. The zero-order chi connectivity index (χ0) is 18.6. The van der Waals surface area contributed by atoms with Gasteiger partial charge in [0.15, 0.2) is 0 Å². The number of nitrogens with one attached hydrogen (secondary N) is 1. The number of hydrogen-bond donors (Lipinski definition) is 2. The number of aromatic nitrogens is 3. The number of phenolic OH excluding ortho intramolecular Hbond substituents is 1. The Labute approximate surface area is 154 Å². The smallest absolute Gasteiger partial charge is 0.241 e. The first kappa shape index (κ1) is 16.7. The Kier molecular flexibility index (Phi) is 4.49. The lowest BCUT2D eigenvalue weighted by molar-refractivity contribution is -0.121. The monoisotopic (exact) mass is 359 g/mol. The average molecular weight is 359 g/mol. The van der Waals surface area contributed by atoms with E-state index in [4.69, 9.17) is 0 Å². The summed E-state index contributed by atoms with van der Waals surface area (Å²) in [7, 11) is 0. The molecule has 1 heterocycles. The fraction of sp³-hybridized carbons (Fsp3) is 0.100. The lowest BCUT2D eigenvalue weighted by Crippen LogP contribution is -2.19. The summed E-state index contributed by atoms with van der Waals surface area (Å²) in [5.74, 6) is -0.133. The van der Waals surface area contributed by atoms with E-state index in [9.17, 15) is 9.90 Å². The second kappa shape index (κ2) is 7.25. The molecule has 0 aliphatic heterocycles. The van der Waals surface area contributed by atoms with Crippen LogP contribution in [0.3, 0.4) is 0 Å². The molecule has 0 fully saturated rings. The van der Waals surface area contributed by atoms with Crippen LogP contribution in [0.1, 0.15) is 12.0 Å². The molecular weight excluding hydrogens is 342 g/mol. The van der Waals surface area contributed by atoms with Crippen molar-refractivity contribution < 1.29 is 9.90 Å². The van der Waals surface area contributed by atoms with Crippen molar-refractivity contribution >= 4 is 33.9 Å². The number of fused-ring (bicyclic) bond motifs is 2. The van der Waals surface area contributed by atoms with E-state index in [2.05, 4.69) is 20.8 Å². The normalized spacial score (nSPS) is 11.4. The summed E-state index contributed by atoms with van der Waals surface area (Å²) in [5, 5.41) is 24.0. The number of hydrogen-bond acceptors (Lipinski definition) is 5. The number of carbonyl (C=O) groups is 1. The van der Waals surface area contributed by atoms with Crippen LogP contribution in [0.4, 0.5) is 0 Å². The lowest BCUT2D eigenvalue weighted by Gasteiger charge is -2.05. The zero-order valence-electron chi connectivity index (χ0n) is 14.4. The molecule has 1 amide bonds. The minimum absolute atomic E-state index is 0.112. The number of nitrogens with zero attached hydrogens (tertiary/aromatic N) is 4. The molecule has 0 bridgehead atoms. The van der Waals surface area contributed by atoms with E-state index in [1.165, 1.54) is 6.21 Å². The second-order valence-electron chi connectivity index (χ2n) is 6.06. The van der Waals surface area contributed by atoms with Gasteiger partial charge < -0.3 is 5.11 Å². The van der Waals surface area contributed by atoms with Crippen LogP contribution >= 0.6 is 0 Å². The van der Waals surface area contributed by atoms with E-state index < -0.39 is 0 Å². The van der Waals surface area contributed by atoms with Crippen molar-refractivity contribution in [2.45, 2.75) is 13.0 Å². The molecule has 0 saturated heterocycles. The highest BCUT2D eigenvalue weighted by molar-refractivity contribution is 6.02. The number of benzene rings is 3. The highest BCUT2D eigenvalue weighted by atomic mass is 16.3. The summed E-state index contributed by atoms with van der Waals surface area (Å²) in [5.41, 5.74) is 4.73. The maximum Gasteiger partial charge on any atom is 0.241 e. The summed E-state index contributed by atoms with van der Waals surface area (Å²) in [6, 6.07) is 18.7. The number of para-hydroxylation sites is 1. The van der Waals surface area contributed by atoms with Crippen LogP contribution in [-0.4, -0.2) is 32.2 Å². The van der Waals surface area contributed by atoms with Crippen molar-refractivity contribution in [1.29, 1.82) is 0 Å². The molecule has 0 atom stereocenters. The van der Waals surface area contributed by atoms with Gasteiger partial charge in [0.1, 0.15) is 11.3 Å². The fourth-order valence-corrected chi connectivity index (χ4v) is 2.93. The van der Waals surface area contributed by atoms with Gasteiger partial charge in [-0.2, -0.15) is 5.10 Å². The molecule has 0 aliphatic carbocycles. The van der Waals surface area contributed by atoms with Crippen LogP contribution in [0.15, 0.2) is 65.8 Å². The van der Waals surface area contributed by atoms with Gasteiger partial charge in [-0.15, -0.1) is 5.10 Å². The summed E-state index contributed by atoms with van der Waals surface area (Å²) in [6.45, 7) is 0.404. The van der Waals surface area contributed by atoms with Crippen LogP contribution in [0.25, 0.3) is 21.8 Å². The van der Waals surface area contributed by atoms with Crippen LogP contribution < -0.4 is 5.43 Å². The average Bonchev–Trinajstić information content (AvgIpc) is 3.11. The first-order valence-electron chi connectivity index (χ1n) is 8.53. The highest BCUT2D eigenvalue weighted by Crippen LogP contribution is 2.25. The topological polar surface area (TPSA) is 92.4 Å². The molecule has 0 saturated carbocycles. The van der Waals surface area contributed by atoms with Crippen molar-refractivity contribution in [2.75, 3.05) is 0 Å². The molecule has 3 aromatic carbocycles. The Morgan fingerprint density at radius 3 is 2.85 bits per heavy atom. The number of amides is 1. The summed E-state index contributed by atoms with van der Waals surface area (Å²) >= 11 is 0. The molecule has 7 heteroatoms. The van der Waals surface area contributed by atoms with E-state index in [1.54, 1.807) is 10.7 Å². The molecule has 0 spiro atoms. The molecule has 134 valence electrons. The van der Waals surface area contributed by atoms with E-state index in [1.807, 2.05) is 54.6 Å². The first-order chi connectivity index (χ1) is 13.2. The fourth-order valence-electron chi connectivity index (χ4n) is 2.93. The van der Waals surface area contributed by atoms with E-state index >= 15 is 0 Å². The molecule has 0 aliphatic rings. The Hall–Kier alpha value is -3.74. The third kappa shape index (κ3) is 3.48. The maximum atomic E-state index is 12.1. The van der Waals surface area contributed by atoms with Crippen LogP contribution in [-0.2, 0) is 11.3 Å². The largest absolute Gasteiger partial charge is 0.507 e. The number of phenols is 1. The van der Waals surface area contributed by atoms with Gasteiger partial charge in [-0.3, -0.25) is 4.79 Å². The number of rotatable bonds is 5. The standard InChI is InChI=1S/C20H17N5O2/c26-19-10-9-14-5-1-2-6-15(14)16(19)13-21-23-20(27)11-12-25-18-8-4-3-7-17(18)22-24-25/h1-10,13,26H,11-12H2,(H,23,27). The molecule has 2 N–H and O–H groups in total. The van der Waals surface area contributed by atoms with Crippen LogP contribution in [0.5, 0.6) is 5.75 Å². The molecule has 1 aromatic heterocycles. The molecular formula is C20H17N5O2. The predicted molar refractivity (Wildman–Crippen MR) is 103 cm³/mol. The van der Waals surface area contributed by atoms with Gasteiger partial charge >= 0.3 is 0 Å². The third-order valence-corrected chi connectivity index (χ3v) is 4.30. The SMILES string of the molecule is O=C(CCn1nnc2ccccc21)NN=Cc1c(O)ccc2ccccc12. The Morgan fingerprint density at radius 1 is 1.11 bits per heavy atom. The summed E-state index contributed by atoms with van der Waals surface area (Å²) < 4.78 is 1.69. The quantitative estimate of drug-likeness (QED) is 0.423. The van der Waals surface area contributed by atoms with Gasteiger partial charge in [0.25, 0.3) is 0 Å². The van der Waals surface area contributed by atoms with Crippen LogP contribution in [0.2, 0.25) is 0 Å². The number of carbonyl (C=O) groups excluding carboxylic acids is 1. The van der Waals surface area contributed by atoms with Gasteiger partial charge in [-0.05, 0) is 29.0 Å². The van der Waals surface area contributed by atoms with Crippen LogP contribution in [0, 0.1) is 0 Å². The van der Waals surface area contributed by atoms with Gasteiger partial charge in [-0.25, -0.2) is 10.1 Å². The maximum absolute atomic E-state index is 12.1. The lowest BCUT2D eigenvalue weighted by atomic mass is 10.0. The van der Waals surface area contributed by atoms with Gasteiger partial charge in [-0.1, -0.05) is 47.7 Å². The molecule has 4 aromatic rings. The minimum atomic E-state index is -0.245. The summed E-state index contributed by atoms with van der Waals surface area (Å²) in [4.78, 5) is 12.1. The minimum Gasteiger partial charge on any atom is -0.507 e. The van der Waals surface area contributed by atoms with Gasteiger partial charge in [0, 0.05) is 12.0 Å². The van der Waals surface area contributed by atoms with Crippen molar-refractivity contribution in [1.82, 2.24) is 20.4 Å². The second-order valence-corrected chi connectivity index (χ2v) is 6.06. The van der Waals surface area contributed by atoms with Gasteiger partial charge in [0.05, 0.1) is 18.3 Å². The van der Waals surface area contributed by atoms with E-state index in [0.717, 1.165) is 21.8 Å². The number of aromatic hydroxyl groups is 1. The first-order valence-corrected chi connectivity index (χ1v) is 8.53. The van der Waals surface area contributed by atoms with E-state index in [0.29, 0.717) is 12.1 Å². The third-order valence-electron chi connectivity index (χ3n) is 4.30. The van der Waals surface area contributed by atoms with E-state index in [-0.39, 0.29) is 18.1 Å². The zero-order valence-corrected chi connectivity index (χ0v) is 14.4. The molecule has 4 rings (SSSR count). The molecule has 0 radical (unpaired) electrons. The van der Waals surface area contributed by atoms with Gasteiger partial charge in [0.2, 0.25) is 5.91 Å². The predicted octanol–water partition coefficient (Wildman–Crippen LogP) is 2.83. The van der Waals surface area contributed by atoms with Crippen molar-refractivity contribution in [3.05, 3.63) is 66.2 Å². The number of hydrazone groups is 1. The molecule has 27 heavy (non-hydrogen) atoms. The Bertz CT molecular complexity index is 1150. The van der Waals surface area contributed by atoms with Crippen molar-refractivity contribution in [3.8, 4) is 5.75 Å². The Balaban J connectivity index is 1.42. The number of aryl methyl sites for hydroxylation is 1. The molecule has 0 unspecified atom stereocenters. The van der Waals surface area contributed by atoms with Crippen molar-refractivity contribution in [2.24, 2.45) is 5.10 Å². The summed E-state index contributed by atoms with van der Waals surface area (Å²) in [6.07, 6.45) is 1.67. The van der Waals surface area contributed by atoms with Crippen molar-refractivity contribution in [3.63, 3.8) is 0 Å².